The van der Waals surface area contributed by atoms with Gasteiger partial charge < -0.3 is 13.9 Å². The Hall–Kier alpha value is -3.08. The van der Waals surface area contributed by atoms with E-state index < -0.39 is 0 Å². The van der Waals surface area contributed by atoms with E-state index in [1.165, 1.54) is 6.08 Å². The molecule has 25 heavy (non-hydrogen) atoms. The standard InChI is InChI=1S/C20H20N2O3/c1-3-24-17-10-7-16(8-11-17)9-12-20(23)25-14-18-15(2)21-19-6-4-5-13-22(18)19/h4-13H,3,14H2,1-2H3/b12-9+. The number of aryl methyl sites for hydroxylation is 1. The molecule has 5 heteroatoms. The van der Waals surface area contributed by atoms with Gasteiger partial charge >= 0.3 is 5.97 Å². The van der Waals surface area contributed by atoms with Crippen LogP contribution in [0.4, 0.5) is 0 Å². The van der Waals surface area contributed by atoms with E-state index in [0.29, 0.717) is 6.61 Å². The molecule has 0 aliphatic rings. The first-order valence-corrected chi connectivity index (χ1v) is 8.17. The van der Waals surface area contributed by atoms with Crippen molar-refractivity contribution in [1.82, 2.24) is 9.38 Å². The lowest BCUT2D eigenvalue weighted by molar-refractivity contribution is -0.139. The number of aromatic nitrogens is 2. The van der Waals surface area contributed by atoms with Crippen LogP contribution in [0.1, 0.15) is 23.9 Å². The first-order chi connectivity index (χ1) is 12.2. The molecule has 0 atom stereocenters. The summed E-state index contributed by atoms with van der Waals surface area (Å²) in [7, 11) is 0. The fraction of sp³-hybridized carbons (Fsp3) is 0.200. The number of nitrogens with zero attached hydrogens (tertiary/aromatic N) is 2. The molecular formula is C20H20N2O3. The van der Waals surface area contributed by atoms with Gasteiger partial charge in [0.05, 0.1) is 18.0 Å². The fourth-order valence-corrected chi connectivity index (χ4v) is 2.53. The Labute approximate surface area is 146 Å². The van der Waals surface area contributed by atoms with Crippen LogP contribution in [0.5, 0.6) is 5.75 Å². The fourth-order valence-electron chi connectivity index (χ4n) is 2.53. The molecule has 0 spiro atoms. The molecule has 128 valence electrons. The number of benzene rings is 1. The number of fused-ring (bicyclic) bond motifs is 1. The van der Waals surface area contributed by atoms with E-state index in [9.17, 15) is 4.79 Å². The predicted octanol–water partition coefficient (Wildman–Crippen LogP) is 3.80. The largest absolute Gasteiger partial charge is 0.494 e. The average molecular weight is 336 g/mol. The zero-order chi connectivity index (χ0) is 17.6. The second kappa shape index (κ2) is 7.66. The summed E-state index contributed by atoms with van der Waals surface area (Å²) in [5, 5.41) is 0. The van der Waals surface area contributed by atoms with Crippen molar-refractivity contribution >= 4 is 17.7 Å². The van der Waals surface area contributed by atoms with Crippen molar-refractivity contribution in [2.24, 2.45) is 0 Å². The minimum absolute atomic E-state index is 0.184. The predicted molar refractivity (Wildman–Crippen MR) is 96.4 cm³/mol. The molecule has 0 saturated heterocycles. The van der Waals surface area contributed by atoms with Gasteiger partial charge in [0.25, 0.3) is 0 Å². The summed E-state index contributed by atoms with van der Waals surface area (Å²) in [6.07, 6.45) is 5.06. The first kappa shape index (κ1) is 16.8. The van der Waals surface area contributed by atoms with Gasteiger partial charge in [-0.25, -0.2) is 9.78 Å². The normalized spacial score (nSPS) is 11.1. The Morgan fingerprint density at radius 3 is 2.76 bits per heavy atom. The number of rotatable bonds is 6. The molecule has 0 aliphatic heterocycles. The number of hydrogen-bond acceptors (Lipinski definition) is 4. The summed E-state index contributed by atoms with van der Waals surface area (Å²) in [6, 6.07) is 13.3. The molecule has 2 heterocycles. The summed E-state index contributed by atoms with van der Waals surface area (Å²) in [5.74, 6) is 0.421. The van der Waals surface area contributed by atoms with Crippen LogP contribution in [0.2, 0.25) is 0 Å². The van der Waals surface area contributed by atoms with Crippen molar-refractivity contribution in [1.29, 1.82) is 0 Å². The molecule has 3 aromatic rings. The van der Waals surface area contributed by atoms with Gasteiger partial charge in [0, 0.05) is 12.3 Å². The zero-order valence-corrected chi connectivity index (χ0v) is 14.3. The molecular weight excluding hydrogens is 316 g/mol. The number of carbonyl (C=O) groups is 1. The lowest BCUT2D eigenvalue weighted by atomic mass is 10.2. The van der Waals surface area contributed by atoms with Crippen molar-refractivity contribution in [3.8, 4) is 5.75 Å². The number of hydrogen-bond donors (Lipinski definition) is 0. The van der Waals surface area contributed by atoms with Crippen LogP contribution in [-0.2, 0) is 16.1 Å². The van der Waals surface area contributed by atoms with E-state index in [1.807, 2.05) is 66.9 Å². The SMILES string of the molecule is CCOc1ccc(/C=C/C(=O)OCc2c(C)nc3ccccn23)cc1. The van der Waals surface area contributed by atoms with Crippen LogP contribution in [0, 0.1) is 6.92 Å². The van der Waals surface area contributed by atoms with E-state index in [0.717, 1.165) is 28.3 Å². The zero-order valence-electron chi connectivity index (χ0n) is 14.3. The lowest BCUT2D eigenvalue weighted by Gasteiger charge is -2.04. The van der Waals surface area contributed by atoms with Gasteiger partial charge in [-0.3, -0.25) is 0 Å². The summed E-state index contributed by atoms with van der Waals surface area (Å²) in [6.45, 7) is 4.66. The first-order valence-electron chi connectivity index (χ1n) is 8.17. The summed E-state index contributed by atoms with van der Waals surface area (Å²) in [5.41, 5.74) is 3.48. The lowest BCUT2D eigenvalue weighted by Crippen LogP contribution is -2.04. The van der Waals surface area contributed by atoms with Crippen LogP contribution in [0.15, 0.2) is 54.7 Å². The number of imidazole rings is 1. The molecule has 0 saturated carbocycles. The summed E-state index contributed by atoms with van der Waals surface area (Å²) >= 11 is 0. The Morgan fingerprint density at radius 1 is 1.20 bits per heavy atom. The smallest absolute Gasteiger partial charge is 0.331 e. The second-order valence-corrected chi connectivity index (χ2v) is 5.52. The number of esters is 1. The van der Waals surface area contributed by atoms with Crippen molar-refractivity contribution in [3.63, 3.8) is 0 Å². The van der Waals surface area contributed by atoms with Crippen molar-refractivity contribution in [2.75, 3.05) is 6.61 Å². The maximum absolute atomic E-state index is 12.0. The van der Waals surface area contributed by atoms with E-state index in [1.54, 1.807) is 6.08 Å². The Balaban J connectivity index is 1.61. The summed E-state index contributed by atoms with van der Waals surface area (Å²) in [4.78, 5) is 16.4. The molecule has 0 amide bonds. The maximum Gasteiger partial charge on any atom is 0.331 e. The second-order valence-electron chi connectivity index (χ2n) is 5.52. The molecule has 0 unspecified atom stereocenters. The van der Waals surface area contributed by atoms with Crippen molar-refractivity contribution in [3.05, 3.63) is 71.7 Å². The molecule has 1 aromatic carbocycles. The van der Waals surface area contributed by atoms with Gasteiger partial charge in [0.2, 0.25) is 0 Å². The van der Waals surface area contributed by atoms with Gasteiger partial charge in [-0.05, 0) is 49.8 Å². The van der Waals surface area contributed by atoms with Crippen LogP contribution < -0.4 is 4.74 Å². The van der Waals surface area contributed by atoms with Gasteiger partial charge in [0.1, 0.15) is 18.0 Å². The molecule has 0 bridgehead atoms. The van der Waals surface area contributed by atoms with E-state index in [4.69, 9.17) is 9.47 Å². The molecule has 0 radical (unpaired) electrons. The van der Waals surface area contributed by atoms with E-state index >= 15 is 0 Å². The topological polar surface area (TPSA) is 52.8 Å². The minimum atomic E-state index is -0.390. The molecule has 5 nitrogen and oxygen atoms in total. The molecule has 3 rings (SSSR count). The van der Waals surface area contributed by atoms with Gasteiger partial charge in [-0.1, -0.05) is 18.2 Å². The third kappa shape index (κ3) is 4.07. The Kier molecular flexibility index (Phi) is 5.14. The highest BCUT2D eigenvalue weighted by Gasteiger charge is 2.09. The average Bonchev–Trinajstić information content (AvgIpc) is 2.95. The Morgan fingerprint density at radius 2 is 2.00 bits per heavy atom. The number of pyridine rings is 1. The highest BCUT2D eigenvalue weighted by atomic mass is 16.5. The minimum Gasteiger partial charge on any atom is -0.494 e. The molecule has 2 aromatic heterocycles. The van der Waals surface area contributed by atoms with E-state index in [-0.39, 0.29) is 12.6 Å². The van der Waals surface area contributed by atoms with Crippen LogP contribution in [-0.4, -0.2) is 22.0 Å². The van der Waals surface area contributed by atoms with E-state index in [2.05, 4.69) is 4.98 Å². The molecule has 0 aliphatic carbocycles. The third-order valence-corrected chi connectivity index (χ3v) is 3.78. The van der Waals surface area contributed by atoms with Gasteiger partial charge in [-0.2, -0.15) is 0 Å². The highest BCUT2D eigenvalue weighted by Crippen LogP contribution is 2.14. The monoisotopic (exact) mass is 336 g/mol. The van der Waals surface area contributed by atoms with Crippen LogP contribution >= 0.6 is 0 Å². The van der Waals surface area contributed by atoms with Gasteiger partial charge in [-0.15, -0.1) is 0 Å². The third-order valence-electron chi connectivity index (χ3n) is 3.78. The molecule has 0 fully saturated rings. The maximum atomic E-state index is 12.0. The quantitative estimate of drug-likeness (QED) is 0.507. The van der Waals surface area contributed by atoms with Crippen molar-refractivity contribution in [2.45, 2.75) is 20.5 Å². The van der Waals surface area contributed by atoms with Crippen LogP contribution in [0.3, 0.4) is 0 Å². The number of ether oxygens (including phenoxy) is 2. The highest BCUT2D eigenvalue weighted by molar-refractivity contribution is 5.87. The number of carbonyl (C=O) groups excluding carboxylic acids is 1. The van der Waals surface area contributed by atoms with Crippen LogP contribution in [0.25, 0.3) is 11.7 Å². The van der Waals surface area contributed by atoms with Gasteiger partial charge in [0.15, 0.2) is 0 Å². The summed E-state index contributed by atoms with van der Waals surface area (Å²) < 4.78 is 12.7. The van der Waals surface area contributed by atoms with Crippen molar-refractivity contribution < 1.29 is 14.3 Å². The Bertz CT molecular complexity index is 895. The molecule has 0 N–H and O–H groups in total.